The predicted octanol–water partition coefficient (Wildman–Crippen LogP) is 3.00. The fraction of sp³-hybridized carbons (Fsp3) is 0.706. The van der Waals surface area contributed by atoms with Crippen LogP contribution < -0.4 is 0 Å². The summed E-state index contributed by atoms with van der Waals surface area (Å²) >= 11 is 0. The van der Waals surface area contributed by atoms with Gasteiger partial charge in [-0.3, -0.25) is 0 Å². The number of aryl methyl sites for hydroxylation is 1. The Bertz CT molecular complexity index is 804. The van der Waals surface area contributed by atoms with Crippen molar-refractivity contribution in [2.75, 3.05) is 0 Å². The average molecular weight is 343 g/mol. The van der Waals surface area contributed by atoms with Crippen LogP contribution in [0.15, 0.2) is 10.5 Å². The average Bonchev–Trinajstić information content (AvgIpc) is 3.14. The summed E-state index contributed by atoms with van der Waals surface area (Å²) in [6, 6.07) is 1.45. The van der Waals surface area contributed by atoms with E-state index >= 15 is 0 Å². The molecule has 132 valence electrons. The molecule has 2 aromatic rings. The van der Waals surface area contributed by atoms with Crippen LogP contribution in [-0.4, -0.2) is 24.9 Å². The number of hydrogen-bond donors (Lipinski definition) is 0. The van der Waals surface area contributed by atoms with Gasteiger partial charge in [0.15, 0.2) is 0 Å². The SMILES string of the molecule is Cc1cc([N+](=O)[O-])nn1Cc1nnc(C23CC4CC(CC(C4)C2)C3)o1. The first-order valence-electron chi connectivity index (χ1n) is 9.02. The molecular formula is C17H21N5O3. The minimum Gasteiger partial charge on any atom is -0.423 e. The Hall–Kier alpha value is -2.25. The second kappa shape index (κ2) is 5.12. The summed E-state index contributed by atoms with van der Waals surface area (Å²) in [5, 5.41) is 23.5. The fourth-order valence-corrected chi connectivity index (χ4v) is 5.77. The van der Waals surface area contributed by atoms with Crippen LogP contribution in [0.1, 0.15) is 56.0 Å². The van der Waals surface area contributed by atoms with E-state index in [-0.39, 0.29) is 17.8 Å². The summed E-state index contributed by atoms with van der Waals surface area (Å²) in [5.41, 5.74) is 0.784. The van der Waals surface area contributed by atoms with Gasteiger partial charge in [-0.25, -0.2) is 0 Å². The molecule has 2 heterocycles. The quantitative estimate of drug-likeness (QED) is 0.625. The van der Waals surface area contributed by atoms with Gasteiger partial charge in [0.2, 0.25) is 11.8 Å². The zero-order valence-electron chi connectivity index (χ0n) is 14.2. The van der Waals surface area contributed by atoms with Crippen LogP contribution in [0.2, 0.25) is 0 Å². The van der Waals surface area contributed by atoms with Crippen LogP contribution in [0.3, 0.4) is 0 Å². The van der Waals surface area contributed by atoms with Crippen LogP contribution in [-0.2, 0) is 12.0 Å². The number of rotatable bonds is 4. The molecule has 0 unspecified atom stereocenters. The van der Waals surface area contributed by atoms with Gasteiger partial charge in [-0.05, 0) is 68.1 Å². The molecule has 4 aliphatic rings. The number of nitrogens with zero attached hydrogens (tertiary/aromatic N) is 5. The minimum atomic E-state index is -0.488. The van der Waals surface area contributed by atoms with Gasteiger partial charge in [-0.15, -0.1) is 10.2 Å². The first kappa shape index (κ1) is 15.0. The third-order valence-electron chi connectivity index (χ3n) is 6.40. The summed E-state index contributed by atoms with van der Waals surface area (Å²) in [7, 11) is 0. The molecule has 0 spiro atoms. The van der Waals surface area contributed by atoms with Crippen molar-refractivity contribution < 1.29 is 9.34 Å². The van der Waals surface area contributed by atoms with Crippen molar-refractivity contribution in [3.8, 4) is 0 Å². The highest BCUT2D eigenvalue weighted by atomic mass is 16.6. The molecule has 8 nitrogen and oxygen atoms in total. The van der Waals surface area contributed by atoms with E-state index in [2.05, 4.69) is 15.3 Å². The van der Waals surface area contributed by atoms with Crippen molar-refractivity contribution in [2.45, 2.75) is 57.4 Å². The Labute approximate surface area is 144 Å². The normalized spacial score (nSPS) is 33.1. The summed E-state index contributed by atoms with van der Waals surface area (Å²) in [5.74, 6) is 3.55. The lowest BCUT2D eigenvalue weighted by atomic mass is 9.49. The zero-order chi connectivity index (χ0) is 17.2. The maximum absolute atomic E-state index is 10.9. The molecule has 2 aromatic heterocycles. The van der Waals surface area contributed by atoms with Gasteiger partial charge in [-0.2, -0.15) is 4.68 Å². The van der Waals surface area contributed by atoms with Gasteiger partial charge in [-0.1, -0.05) is 0 Å². The van der Waals surface area contributed by atoms with E-state index in [1.807, 2.05) is 0 Å². The Balaban J connectivity index is 1.40. The molecule has 6 rings (SSSR count). The van der Waals surface area contributed by atoms with Crippen molar-refractivity contribution >= 4 is 5.82 Å². The first-order chi connectivity index (χ1) is 12.0. The maximum atomic E-state index is 10.9. The number of hydrogen-bond acceptors (Lipinski definition) is 6. The lowest BCUT2D eigenvalue weighted by Crippen LogP contribution is -2.48. The largest absolute Gasteiger partial charge is 0.423 e. The minimum absolute atomic E-state index is 0.0746. The lowest BCUT2D eigenvalue weighted by molar-refractivity contribution is -0.389. The van der Waals surface area contributed by atoms with Gasteiger partial charge in [0.25, 0.3) is 0 Å². The molecule has 0 N–H and O–H groups in total. The highest BCUT2D eigenvalue weighted by molar-refractivity contribution is 5.21. The van der Waals surface area contributed by atoms with Crippen LogP contribution >= 0.6 is 0 Å². The molecule has 4 bridgehead atoms. The molecule has 0 aliphatic heterocycles. The van der Waals surface area contributed by atoms with E-state index in [9.17, 15) is 10.1 Å². The van der Waals surface area contributed by atoms with Crippen molar-refractivity contribution in [1.82, 2.24) is 20.0 Å². The smallest absolute Gasteiger partial charge is 0.390 e. The molecule has 25 heavy (non-hydrogen) atoms. The lowest BCUT2D eigenvalue weighted by Gasteiger charge is -2.55. The Morgan fingerprint density at radius 1 is 1.24 bits per heavy atom. The molecule has 4 fully saturated rings. The molecule has 0 radical (unpaired) electrons. The van der Waals surface area contributed by atoms with Crippen LogP contribution in [0.4, 0.5) is 5.82 Å². The van der Waals surface area contributed by atoms with E-state index in [4.69, 9.17) is 4.42 Å². The molecule has 0 atom stereocenters. The van der Waals surface area contributed by atoms with Crippen molar-refractivity contribution in [1.29, 1.82) is 0 Å². The molecule has 0 amide bonds. The van der Waals surface area contributed by atoms with Crippen molar-refractivity contribution in [2.24, 2.45) is 17.8 Å². The molecule has 8 heteroatoms. The molecule has 0 saturated heterocycles. The summed E-state index contributed by atoms with van der Waals surface area (Å²) in [6.45, 7) is 2.06. The molecule has 4 saturated carbocycles. The fourth-order valence-electron chi connectivity index (χ4n) is 5.77. The third kappa shape index (κ3) is 2.38. The van der Waals surface area contributed by atoms with E-state index < -0.39 is 4.92 Å². The third-order valence-corrected chi connectivity index (χ3v) is 6.40. The first-order valence-corrected chi connectivity index (χ1v) is 9.02. The summed E-state index contributed by atoms with van der Waals surface area (Å²) < 4.78 is 7.59. The van der Waals surface area contributed by atoms with Gasteiger partial charge in [0.05, 0.1) is 16.9 Å². The van der Waals surface area contributed by atoms with Gasteiger partial charge < -0.3 is 14.5 Å². The van der Waals surface area contributed by atoms with Gasteiger partial charge in [0.1, 0.15) is 6.54 Å². The van der Waals surface area contributed by atoms with E-state index in [0.29, 0.717) is 11.6 Å². The Morgan fingerprint density at radius 3 is 2.44 bits per heavy atom. The Morgan fingerprint density at radius 2 is 1.88 bits per heavy atom. The predicted molar refractivity (Wildman–Crippen MR) is 86.9 cm³/mol. The summed E-state index contributed by atoms with van der Waals surface area (Å²) in [6.07, 6.45) is 7.63. The van der Waals surface area contributed by atoms with Crippen molar-refractivity contribution in [3.05, 3.63) is 33.7 Å². The second-order valence-electron chi connectivity index (χ2n) is 8.26. The van der Waals surface area contributed by atoms with Crippen LogP contribution in [0, 0.1) is 34.8 Å². The highest BCUT2D eigenvalue weighted by Gasteiger charge is 2.54. The zero-order valence-corrected chi connectivity index (χ0v) is 14.2. The van der Waals surface area contributed by atoms with Gasteiger partial charge >= 0.3 is 5.82 Å². The number of nitro groups is 1. The molecular weight excluding hydrogens is 322 g/mol. The van der Waals surface area contributed by atoms with Crippen LogP contribution in [0.5, 0.6) is 0 Å². The second-order valence-corrected chi connectivity index (χ2v) is 8.26. The highest BCUT2D eigenvalue weighted by Crippen LogP contribution is 2.60. The topological polar surface area (TPSA) is 99.9 Å². The monoisotopic (exact) mass is 343 g/mol. The van der Waals surface area contributed by atoms with E-state index in [1.165, 1.54) is 44.6 Å². The van der Waals surface area contributed by atoms with Gasteiger partial charge in [0, 0.05) is 5.41 Å². The Kier molecular flexibility index (Phi) is 3.08. The maximum Gasteiger partial charge on any atom is 0.390 e. The van der Waals surface area contributed by atoms with Crippen molar-refractivity contribution in [3.63, 3.8) is 0 Å². The van der Waals surface area contributed by atoms with E-state index in [1.54, 1.807) is 11.6 Å². The summed E-state index contributed by atoms with van der Waals surface area (Å²) in [4.78, 5) is 10.4. The standard InChI is InChI=1S/C17H21N5O3/c1-10-2-14(22(23)24)20-21(10)9-15-18-19-16(25-15)17-6-11-3-12(7-17)5-13(4-11)8-17/h2,11-13H,3-9H2,1H3. The van der Waals surface area contributed by atoms with E-state index in [0.717, 1.165) is 23.6 Å². The molecule has 0 aromatic carbocycles. The van der Waals surface area contributed by atoms with Crippen LogP contribution in [0.25, 0.3) is 0 Å². The molecule has 4 aliphatic carbocycles. The number of aromatic nitrogens is 4.